The van der Waals surface area contributed by atoms with E-state index in [-0.39, 0.29) is 0 Å². The highest BCUT2D eigenvalue weighted by Gasteiger charge is 2.33. The summed E-state index contributed by atoms with van der Waals surface area (Å²) in [6.07, 6.45) is 4.03. The van der Waals surface area contributed by atoms with Crippen LogP contribution in [0.4, 0.5) is 0 Å². The monoisotopic (exact) mass is 247 g/mol. The summed E-state index contributed by atoms with van der Waals surface area (Å²) in [5, 5.41) is 17.2. The van der Waals surface area contributed by atoms with Gasteiger partial charge in [0.05, 0.1) is 12.6 Å². The lowest BCUT2D eigenvalue weighted by molar-refractivity contribution is 0.360. The van der Waals surface area contributed by atoms with E-state index in [1.807, 2.05) is 18.5 Å². The molecule has 1 aromatic heterocycles. The van der Waals surface area contributed by atoms with E-state index in [4.69, 9.17) is 0 Å². The zero-order valence-corrected chi connectivity index (χ0v) is 11.4. The first-order valence-corrected chi connectivity index (χ1v) is 6.71. The van der Waals surface area contributed by atoms with Crippen molar-refractivity contribution in [1.29, 1.82) is 5.26 Å². The lowest BCUT2D eigenvalue weighted by Crippen LogP contribution is -2.46. The van der Waals surface area contributed by atoms with Crippen molar-refractivity contribution in [2.24, 2.45) is 0 Å². The summed E-state index contributed by atoms with van der Waals surface area (Å²) < 4.78 is 1.89. The van der Waals surface area contributed by atoms with Gasteiger partial charge in [0.25, 0.3) is 0 Å². The Hall–Kier alpha value is -1.41. The van der Waals surface area contributed by atoms with Crippen LogP contribution in [-0.4, -0.2) is 26.3 Å². The molecule has 1 fully saturated rings. The molecule has 5 nitrogen and oxygen atoms in total. The van der Waals surface area contributed by atoms with E-state index in [0.29, 0.717) is 12.6 Å². The van der Waals surface area contributed by atoms with Crippen LogP contribution in [0.1, 0.15) is 45.3 Å². The second-order valence-electron chi connectivity index (χ2n) is 5.17. The first-order valence-electron chi connectivity index (χ1n) is 6.71. The van der Waals surface area contributed by atoms with Crippen molar-refractivity contribution >= 4 is 0 Å². The molecule has 1 aliphatic carbocycles. The van der Waals surface area contributed by atoms with Crippen LogP contribution in [0.3, 0.4) is 0 Å². The molecule has 0 aromatic carbocycles. The highest BCUT2D eigenvalue weighted by atomic mass is 15.4. The van der Waals surface area contributed by atoms with Gasteiger partial charge in [-0.2, -0.15) is 10.4 Å². The number of hydrogen-bond donors (Lipinski definition) is 1. The molecule has 0 saturated heterocycles. The van der Waals surface area contributed by atoms with Crippen molar-refractivity contribution in [2.45, 2.75) is 64.6 Å². The minimum Gasteiger partial charge on any atom is -0.295 e. The third kappa shape index (κ3) is 2.88. The van der Waals surface area contributed by atoms with Gasteiger partial charge >= 0.3 is 0 Å². The number of rotatable bonds is 6. The van der Waals surface area contributed by atoms with Gasteiger partial charge in [-0.25, -0.2) is 9.67 Å². The molecule has 0 amide bonds. The predicted octanol–water partition coefficient (Wildman–Crippen LogP) is 1.44. The molecule has 0 bridgehead atoms. The summed E-state index contributed by atoms with van der Waals surface area (Å²) in [6, 6.07) is 2.89. The Morgan fingerprint density at radius 3 is 2.67 bits per heavy atom. The average Bonchev–Trinajstić information content (AvgIpc) is 3.08. The maximum atomic E-state index is 9.38. The quantitative estimate of drug-likeness (QED) is 0.826. The molecule has 0 radical (unpaired) electrons. The molecular weight excluding hydrogens is 226 g/mol. The number of nitrogens with one attached hydrogen (secondary N) is 1. The topological polar surface area (TPSA) is 66.5 Å². The third-order valence-corrected chi connectivity index (χ3v) is 3.24. The maximum Gasteiger partial charge on any atom is 0.150 e. The Bertz CT molecular complexity index is 454. The SMILES string of the molecule is CCc1nc(CC)n(CC(C)(C#N)NC2CC2)n1. The maximum absolute atomic E-state index is 9.38. The van der Waals surface area contributed by atoms with Crippen molar-refractivity contribution in [3.63, 3.8) is 0 Å². The van der Waals surface area contributed by atoms with Crippen LogP contribution in [0, 0.1) is 11.3 Å². The smallest absolute Gasteiger partial charge is 0.150 e. The molecule has 0 aliphatic heterocycles. The zero-order valence-electron chi connectivity index (χ0n) is 11.4. The van der Waals surface area contributed by atoms with Crippen LogP contribution in [-0.2, 0) is 19.4 Å². The number of aryl methyl sites for hydroxylation is 2. The van der Waals surface area contributed by atoms with Gasteiger partial charge in [-0.3, -0.25) is 5.32 Å². The molecule has 18 heavy (non-hydrogen) atoms. The lowest BCUT2D eigenvalue weighted by atomic mass is 10.0. The Labute approximate surface area is 108 Å². The summed E-state index contributed by atoms with van der Waals surface area (Å²) in [4.78, 5) is 4.48. The molecule has 1 heterocycles. The largest absolute Gasteiger partial charge is 0.295 e. The highest BCUT2D eigenvalue weighted by Crippen LogP contribution is 2.23. The second kappa shape index (κ2) is 5.07. The molecule has 5 heteroatoms. The van der Waals surface area contributed by atoms with Gasteiger partial charge in [0.2, 0.25) is 0 Å². The van der Waals surface area contributed by atoms with E-state index in [2.05, 4.69) is 28.4 Å². The summed E-state index contributed by atoms with van der Waals surface area (Å²) in [7, 11) is 0. The van der Waals surface area contributed by atoms with Gasteiger partial charge in [0.15, 0.2) is 5.82 Å². The number of aromatic nitrogens is 3. The average molecular weight is 247 g/mol. The van der Waals surface area contributed by atoms with E-state index in [9.17, 15) is 5.26 Å². The van der Waals surface area contributed by atoms with Gasteiger partial charge in [0, 0.05) is 18.9 Å². The van der Waals surface area contributed by atoms with Crippen molar-refractivity contribution in [2.75, 3.05) is 0 Å². The van der Waals surface area contributed by atoms with Crippen LogP contribution >= 0.6 is 0 Å². The molecule has 1 unspecified atom stereocenters. The molecule has 1 aromatic rings. The Balaban J connectivity index is 2.15. The fourth-order valence-electron chi connectivity index (χ4n) is 2.06. The van der Waals surface area contributed by atoms with E-state index in [1.54, 1.807) is 0 Å². The predicted molar refractivity (Wildman–Crippen MR) is 69.0 cm³/mol. The van der Waals surface area contributed by atoms with Crippen LogP contribution in [0.15, 0.2) is 0 Å². The molecule has 0 spiro atoms. The Morgan fingerprint density at radius 2 is 2.17 bits per heavy atom. The van der Waals surface area contributed by atoms with Gasteiger partial charge in [-0.05, 0) is 19.8 Å². The standard InChI is InChI=1S/C13H21N5/c1-4-11-15-12(5-2)18(17-11)9-13(3,8-14)16-10-6-7-10/h10,16H,4-7,9H2,1-3H3. The number of hydrogen-bond acceptors (Lipinski definition) is 4. The van der Waals surface area contributed by atoms with Crippen LogP contribution in [0.5, 0.6) is 0 Å². The van der Waals surface area contributed by atoms with Gasteiger partial charge in [0.1, 0.15) is 11.4 Å². The van der Waals surface area contributed by atoms with E-state index < -0.39 is 5.54 Å². The summed E-state index contributed by atoms with van der Waals surface area (Å²) in [6.45, 7) is 6.62. The van der Waals surface area contributed by atoms with Crippen LogP contribution < -0.4 is 5.32 Å². The molecule has 1 saturated carbocycles. The molecule has 98 valence electrons. The minimum atomic E-state index is -0.552. The van der Waals surface area contributed by atoms with Crippen molar-refractivity contribution in [1.82, 2.24) is 20.1 Å². The normalized spacial score (nSPS) is 18.3. The number of nitriles is 1. The van der Waals surface area contributed by atoms with E-state index in [1.165, 1.54) is 12.8 Å². The Morgan fingerprint density at radius 1 is 1.44 bits per heavy atom. The summed E-state index contributed by atoms with van der Waals surface area (Å²) in [5.74, 6) is 1.82. The van der Waals surface area contributed by atoms with E-state index in [0.717, 1.165) is 24.5 Å². The third-order valence-electron chi connectivity index (χ3n) is 3.24. The fourth-order valence-corrected chi connectivity index (χ4v) is 2.06. The van der Waals surface area contributed by atoms with Gasteiger partial charge in [-0.15, -0.1) is 0 Å². The van der Waals surface area contributed by atoms with Crippen LogP contribution in [0.2, 0.25) is 0 Å². The zero-order chi connectivity index (χ0) is 13.2. The first-order chi connectivity index (χ1) is 8.60. The van der Waals surface area contributed by atoms with Crippen molar-refractivity contribution in [3.8, 4) is 6.07 Å². The molecule has 1 N–H and O–H groups in total. The second-order valence-corrected chi connectivity index (χ2v) is 5.17. The molecular formula is C13H21N5. The van der Waals surface area contributed by atoms with E-state index >= 15 is 0 Å². The molecule has 1 atom stereocenters. The molecule has 2 rings (SSSR count). The van der Waals surface area contributed by atoms with Gasteiger partial charge < -0.3 is 0 Å². The summed E-state index contributed by atoms with van der Waals surface area (Å²) in [5.41, 5.74) is -0.552. The lowest BCUT2D eigenvalue weighted by Gasteiger charge is -2.23. The molecule has 1 aliphatic rings. The van der Waals surface area contributed by atoms with Crippen molar-refractivity contribution in [3.05, 3.63) is 11.6 Å². The first kappa shape index (κ1) is 13.0. The van der Waals surface area contributed by atoms with Gasteiger partial charge in [-0.1, -0.05) is 13.8 Å². The van der Waals surface area contributed by atoms with Crippen molar-refractivity contribution < 1.29 is 0 Å². The number of nitrogens with zero attached hydrogens (tertiary/aromatic N) is 4. The minimum absolute atomic E-state index is 0.508. The Kier molecular flexibility index (Phi) is 3.67. The fraction of sp³-hybridized carbons (Fsp3) is 0.769. The summed E-state index contributed by atoms with van der Waals surface area (Å²) >= 11 is 0. The van der Waals surface area contributed by atoms with Crippen LogP contribution in [0.25, 0.3) is 0 Å². The highest BCUT2D eigenvalue weighted by molar-refractivity contribution is 5.08.